The highest BCUT2D eigenvalue weighted by molar-refractivity contribution is 5.81. The summed E-state index contributed by atoms with van der Waals surface area (Å²) in [6.45, 7) is 4.60. The molecule has 0 radical (unpaired) electrons. The molecule has 2 aliphatic rings. The summed E-state index contributed by atoms with van der Waals surface area (Å²) in [5.41, 5.74) is 8.26. The van der Waals surface area contributed by atoms with Crippen LogP contribution in [0.15, 0.2) is 24.3 Å². The molecule has 1 saturated heterocycles. The molecule has 5 nitrogen and oxygen atoms in total. The van der Waals surface area contributed by atoms with E-state index in [0.717, 1.165) is 31.2 Å². The summed E-state index contributed by atoms with van der Waals surface area (Å²) in [6, 6.07) is 8.26. The largest absolute Gasteiger partial charge is 0.339 e. The minimum absolute atomic E-state index is 0.0820. The number of rotatable bonds is 3. The lowest BCUT2D eigenvalue weighted by Gasteiger charge is -2.37. The van der Waals surface area contributed by atoms with Crippen LogP contribution in [0.3, 0.4) is 0 Å². The van der Waals surface area contributed by atoms with Crippen molar-refractivity contribution in [1.82, 2.24) is 9.80 Å². The van der Waals surface area contributed by atoms with Crippen LogP contribution in [0, 0.1) is 12.8 Å². The van der Waals surface area contributed by atoms with Crippen LogP contribution in [0.25, 0.3) is 0 Å². The fourth-order valence-electron chi connectivity index (χ4n) is 3.88. The Hall–Kier alpha value is -1.88. The number of nitrogens with zero attached hydrogens (tertiary/aromatic N) is 2. The molecule has 5 heteroatoms. The first-order chi connectivity index (χ1) is 12.0. The number of aryl methyl sites for hydroxylation is 1. The molecule has 2 atom stereocenters. The molecule has 1 aliphatic carbocycles. The summed E-state index contributed by atoms with van der Waals surface area (Å²) < 4.78 is 0. The van der Waals surface area contributed by atoms with Gasteiger partial charge in [-0.3, -0.25) is 9.59 Å². The Morgan fingerprint density at radius 3 is 2.32 bits per heavy atom. The number of nitrogens with two attached hydrogens (primary N) is 1. The van der Waals surface area contributed by atoms with Gasteiger partial charge in [-0.05, 0) is 31.7 Å². The molecule has 2 fully saturated rings. The molecule has 2 amide bonds. The first kappa shape index (κ1) is 17.9. The Balaban J connectivity index is 1.48. The lowest BCUT2D eigenvalue weighted by atomic mass is 9.85. The van der Waals surface area contributed by atoms with Gasteiger partial charge in [-0.2, -0.15) is 0 Å². The molecule has 136 valence electrons. The van der Waals surface area contributed by atoms with Crippen molar-refractivity contribution in [2.45, 2.75) is 45.1 Å². The monoisotopic (exact) mass is 343 g/mol. The van der Waals surface area contributed by atoms with Crippen LogP contribution in [0.5, 0.6) is 0 Å². The van der Waals surface area contributed by atoms with Crippen molar-refractivity contribution in [3.63, 3.8) is 0 Å². The van der Waals surface area contributed by atoms with Crippen molar-refractivity contribution in [2.24, 2.45) is 11.7 Å². The van der Waals surface area contributed by atoms with Gasteiger partial charge < -0.3 is 15.5 Å². The normalized spacial score (nSPS) is 24.2. The molecule has 2 unspecified atom stereocenters. The van der Waals surface area contributed by atoms with Crippen LogP contribution >= 0.6 is 0 Å². The third-order valence-electron chi connectivity index (χ3n) is 5.48. The van der Waals surface area contributed by atoms with Crippen molar-refractivity contribution >= 4 is 11.8 Å². The Morgan fingerprint density at radius 1 is 1.04 bits per heavy atom. The fraction of sp³-hybridized carbons (Fsp3) is 0.600. The maximum absolute atomic E-state index is 12.7. The van der Waals surface area contributed by atoms with E-state index >= 15 is 0 Å². The minimum atomic E-state index is 0.0820. The molecular formula is C20H29N3O2. The first-order valence-corrected chi connectivity index (χ1v) is 9.40. The van der Waals surface area contributed by atoms with Gasteiger partial charge in [-0.15, -0.1) is 0 Å². The number of hydrogen-bond donors (Lipinski definition) is 1. The van der Waals surface area contributed by atoms with E-state index in [1.165, 1.54) is 5.56 Å². The van der Waals surface area contributed by atoms with E-state index < -0.39 is 0 Å². The third-order valence-corrected chi connectivity index (χ3v) is 5.48. The topological polar surface area (TPSA) is 66.6 Å². The molecular weight excluding hydrogens is 314 g/mol. The summed E-state index contributed by atoms with van der Waals surface area (Å²) in [6.07, 6.45) is 4.29. The third kappa shape index (κ3) is 4.60. The number of carbonyl (C=O) groups excluding carboxylic acids is 2. The van der Waals surface area contributed by atoms with Gasteiger partial charge in [0.2, 0.25) is 11.8 Å². The van der Waals surface area contributed by atoms with Gasteiger partial charge in [0.15, 0.2) is 0 Å². The second-order valence-corrected chi connectivity index (χ2v) is 7.49. The Morgan fingerprint density at radius 2 is 1.68 bits per heavy atom. The maximum Gasteiger partial charge on any atom is 0.227 e. The van der Waals surface area contributed by atoms with E-state index in [2.05, 4.69) is 0 Å². The average Bonchev–Trinajstić information content (AvgIpc) is 2.63. The number of benzene rings is 1. The molecule has 0 bridgehead atoms. The summed E-state index contributed by atoms with van der Waals surface area (Å²) in [4.78, 5) is 29.0. The van der Waals surface area contributed by atoms with E-state index in [9.17, 15) is 9.59 Å². The molecule has 1 aliphatic heterocycles. The van der Waals surface area contributed by atoms with E-state index in [4.69, 9.17) is 5.73 Å². The van der Waals surface area contributed by atoms with Crippen LogP contribution in [0.4, 0.5) is 0 Å². The summed E-state index contributed by atoms with van der Waals surface area (Å²) in [7, 11) is 0. The van der Waals surface area contributed by atoms with Gasteiger partial charge >= 0.3 is 0 Å². The highest BCUT2D eigenvalue weighted by atomic mass is 16.2. The van der Waals surface area contributed by atoms with E-state index in [0.29, 0.717) is 32.6 Å². The zero-order chi connectivity index (χ0) is 17.8. The SMILES string of the molecule is Cc1ccc(CC(=O)N2CCN(C(=O)C3CCCC(N)C3)CC2)cc1. The quantitative estimate of drug-likeness (QED) is 0.909. The molecule has 1 aromatic rings. The highest BCUT2D eigenvalue weighted by Crippen LogP contribution is 2.25. The van der Waals surface area contributed by atoms with Gasteiger partial charge in [0.1, 0.15) is 0 Å². The zero-order valence-corrected chi connectivity index (χ0v) is 15.1. The molecule has 0 spiro atoms. The number of piperazine rings is 1. The van der Waals surface area contributed by atoms with Crippen molar-refractivity contribution in [2.75, 3.05) is 26.2 Å². The molecule has 1 saturated carbocycles. The molecule has 1 heterocycles. The standard InChI is InChI=1S/C20H29N3O2/c1-15-5-7-16(8-6-15)13-19(24)22-9-11-23(12-10-22)20(25)17-3-2-4-18(21)14-17/h5-8,17-18H,2-4,9-14,21H2,1H3. The maximum atomic E-state index is 12.7. The average molecular weight is 343 g/mol. The zero-order valence-electron chi connectivity index (χ0n) is 15.1. The van der Waals surface area contributed by atoms with Crippen LogP contribution < -0.4 is 5.73 Å². The number of carbonyl (C=O) groups is 2. The first-order valence-electron chi connectivity index (χ1n) is 9.40. The lowest BCUT2D eigenvalue weighted by molar-refractivity contribution is -0.142. The van der Waals surface area contributed by atoms with Gasteiger partial charge in [0, 0.05) is 38.1 Å². The second kappa shape index (κ2) is 8.00. The minimum Gasteiger partial charge on any atom is -0.339 e. The summed E-state index contributed by atoms with van der Waals surface area (Å²) >= 11 is 0. The van der Waals surface area contributed by atoms with Crippen molar-refractivity contribution in [3.8, 4) is 0 Å². The summed E-state index contributed by atoms with van der Waals surface area (Å²) in [5.74, 6) is 0.468. The van der Waals surface area contributed by atoms with Gasteiger partial charge in [0.25, 0.3) is 0 Å². The fourth-order valence-corrected chi connectivity index (χ4v) is 3.88. The van der Waals surface area contributed by atoms with Gasteiger partial charge in [0.05, 0.1) is 6.42 Å². The van der Waals surface area contributed by atoms with Gasteiger partial charge in [-0.25, -0.2) is 0 Å². The van der Waals surface area contributed by atoms with Crippen LogP contribution in [-0.4, -0.2) is 53.8 Å². The highest BCUT2D eigenvalue weighted by Gasteiger charge is 2.31. The van der Waals surface area contributed by atoms with E-state index in [1.807, 2.05) is 41.0 Å². The smallest absolute Gasteiger partial charge is 0.227 e. The predicted molar refractivity (Wildman–Crippen MR) is 98.0 cm³/mol. The molecule has 2 N–H and O–H groups in total. The van der Waals surface area contributed by atoms with Crippen molar-refractivity contribution in [1.29, 1.82) is 0 Å². The lowest BCUT2D eigenvalue weighted by Crippen LogP contribution is -2.53. The second-order valence-electron chi connectivity index (χ2n) is 7.49. The van der Waals surface area contributed by atoms with Crippen LogP contribution in [0.1, 0.15) is 36.8 Å². The Bertz CT molecular complexity index is 606. The molecule has 1 aromatic carbocycles. The van der Waals surface area contributed by atoms with Crippen molar-refractivity contribution in [3.05, 3.63) is 35.4 Å². The predicted octanol–water partition coefficient (Wildman–Crippen LogP) is 1.73. The van der Waals surface area contributed by atoms with Gasteiger partial charge in [-0.1, -0.05) is 36.2 Å². The molecule has 0 aromatic heterocycles. The van der Waals surface area contributed by atoms with Crippen LogP contribution in [-0.2, 0) is 16.0 Å². The number of hydrogen-bond acceptors (Lipinski definition) is 3. The van der Waals surface area contributed by atoms with Crippen LogP contribution in [0.2, 0.25) is 0 Å². The van der Waals surface area contributed by atoms with E-state index in [-0.39, 0.29) is 23.8 Å². The Kier molecular flexibility index (Phi) is 5.74. The molecule has 25 heavy (non-hydrogen) atoms. The van der Waals surface area contributed by atoms with E-state index in [1.54, 1.807) is 0 Å². The van der Waals surface area contributed by atoms with Crippen molar-refractivity contribution < 1.29 is 9.59 Å². The number of amides is 2. The Labute approximate surface area is 150 Å². The summed E-state index contributed by atoms with van der Waals surface area (Å²) in [5, 5.41) is 0. The molecule has 3 rings (SSSR count).